The first kappa shape index (κ1) is 49.2. The molecule has 4 aromatic carbocycles. The van der Waals surface area contributed by atoms with E-state index in [0.717, 1.165) is 33.4 Å². The van der Waals surface area contributed by atoms with E-state index in [0.29, 0.717) is 71.3 Å². The third-order valence-electron chi connectivity index (χ3n) is 10.4. The Labute approximate surface area is 368 Å². The summed E-state index contributed by atoms with van der Waals surface area (Å²) < 4.78 is 44.0. The van der Waals surface area contributed by atoms with Gasteiger partial charge < -0.3 is 58.7 Å². The molecule has 2 atom stereocenters. The van der Waals surface area contributed by atoms with Gasteiger partial charge in [0.05, 0.1) is 69.0 Å². The van der Waals surface area contributed by atoms with Gasteiger partial charge in [-0.3, -0.25) is 19.2 Å². The molecule has 18 heteroatoms. The third kappa shape index (κ3) is 10.7. The van der Waals surface area contributed by atoms with Crippen molar-refractivity contribution in [2.75, 3.05) is 56.9 Å². The fourth-order valence-corrected chi connectivity index (χ4v) is 7.72. The van der Waals surface area contributed by atoms with E-state index < -0.39 is 11.9 Å². The Morgan fingerprint density at radius 3 is 1.08 bits per heavy atom. The van der Waals surface area contributed by atoms with E-state index in [2.05, 4.69) is 10.6 Å². The summed E-state index contributed by atoms with van der Waals surface area (Å²) in [4.78, 5) is 67.2. The molecule has 64 heavy (non-hydrogen) atoms. The lowest BCUT2D eigenvalue weighted by Crippen LogP contribution is -2.26. The number of methoxy groups -OCH3 is 8. The van der Waals surface area contributed by atoms with Crippen molar-refractivity contribution in [3.05, 3.63) is 91.2 Å². The molecule has 0 bridgehead atoms. The van der Waals surface area contributed by atoms with E-state index in [1.807, 2.05) is 24.3 Å². The first-order chi connectivity index (χ1) is 30.5. The zero-order valence-corrected chi connectivity index (χ0v) is 37.2. The minimum absolute atomic E-state index is 0.167. The molecule has 0 aromatic heterocycles. The number of benzene rings is 2. The van der Waals surface area contributed by atoms with Crippen LogP contribution in [-0.2, 0) is 32.0 Å². The quantitative estimate of drug-likeness (QED) is 0.155. The van der Waals surface area contributed by atoms with E-state index in [1.165, 1.54) is 40.2 Å². The molecule has 342 valence electrons. The highest BCUT2D eigenvalue weighted by molar-refractivity contribution is 6.27. The molecule has 0 fully saturated rings. The molecule has 0 unspecified atom stereocenters. The number of carbonyl (C=O) groups is 4. The summed E-state index contributed by atoms with van der Waals surface area (Å²) >= 11 is 0. The van der Waals surface area contributed by atoms with Crippen LogP contribution in [0.25, 0.3) is 22.3 Å². The highest BCUT2D eigenvalue weighted by atomic mass is 16.5. The molecule has 2 aliphatic rings. The minimum Gasteiger partial charge on any atom is -0.493 e. The van der Waals surface area contributed by atoms with E-state index >= 15 is 0 Å². The van der Waals surface area contributed by atoms with Crippen LogP contribution in [0.4, 0.5) is 0 Å². The van der Waals surface area contributed by atoms with Gasteiger partial charge in [0.25, 0.3) is 0 Å². The molecule has 4 N–H and O–H groups in total. The number of aryl methyl sites for hydroxylation is 2. The number of hydrogen-bond acceptors (Lipinski definition) is 14. The maximum absolute atomic E-state index is 12.6. The largest absolute Gasteiger partial charge is 0.493 e. The van der Waals surface area contributed by atoms with Crippen LogP contribution in [0.5, 0.6) is 46.0 Å². The summed E-state index contributed by atoms with van der Waals surface area (Å²) in [5, 5.41) is 20.7. The topological polar surface area (TPSA) is 241 Å². The van der Waals surface area contributed by atoms with Crippen molar-refractivity contribution in [3.63, 3.8) is 0 Å². The number of nitrogens with one attached hydrogen (secondary N) is 2. The van der Waals surface area contributed by atoms with Crippen molar-refractivity contribution in [2.24, 2.45) is 0 Å². The maximum Gasteiger partial charge on any atom is 0.414 e. The number of ether oxygens (including phenoxy) is 8. The molecule has 18 nitrogen and oxygen atoms in total. The standard InChI is InChI=1S/2C22H25NO6.C2H2O4/c2*1-12(24)23-16-8-6-13-10-19(27-3)21(28-4)22(29-5)20(13)14-7-9-18(26-2)17(25)11-15(14)16;3-1(4)2(5)6/h2*7,9-11,16H,6,8H2,1-5H3,(H,23,24);(H,3,4)(H,5,6)/t2*16-;/m00./s1. The lowest BCUT2D eigenvalue weighted by Gasteiger charge is -2.19. The molecule has 0 radical (unpaired) electrons. The Bertz CT molecular complexity index is 2370. The number of aliphatic carboxylic acids is 2. The number of carboxylic acid groups (broad SMARTS) is 2. The van der Waals surface area contributed by atoms with Crippen LogP contribution in [0.1, 0.15) is 61.0 Å². The van der Waals surface area contributed by atoms with Crippen LogP contribution < -0.4 is 59.4 Å². The van der Waals surface area contributed by atoms with Crippen molar-refractivity contribution in [1.82, 2.24) is 10.6 Å². The van der Waals surface area contributed by atoms with Gasteiger partial charge in [-0.25, -0.2) is 9.59 Å². The van der Waals surface area contributed by atoms with Crippen molar-refractivity contribution in [1.29, 1.82) is 0 Å². The Balaban J connectivity index is 0.000000249. The summed E-state index contributed by atoms with van der Waals surface area (Å²) in [6.07, 6.45) is 2.54. The van der Waals surface area contributed by atoms with Gasteiger partial charge >= 0.3 is 11.9 Å². The predicted octanol–water partition coefficient (Wildman–Crippen LogP) is 4.90. The molecule has 6 rings (SSSR count). The summed E-state index contributed by atoms with van der Waals surface area (Å²) in [5.41, 5.74) is 6.02. The highest BCUT2D eigenvalue weighted by Crippen LogP contribution is 2.51. The Morgan fingerprint density at radius 1 is 0.484 bits per heavy atom. The first-order valence-corrected chi connectivity index (χ1v) is 19.6. The van der Waals surface area contributed by atoms with Crippen LogP contribution in [0, 0.1) is 0 Å². The fourth-order valence-electron chi connectivity index (χ4n) is 7.72. The average Bonchev–Trinajstić information content (AvgIpc) is 3.66. The number of carboxylic acids is 2. The molecule has 4 aromatic rings. The second-order valence-corrected chi connectivity index (χ2v) is 14.1. The van der Waals surface area contributed by atoms with Gasteiger partial charge in [0.2, 0.25) is 34.2 Å². The fraction of sp³-hybridized carbons (Fsp3) is 0.348. The summed E-state index contributed by atoms with van der Waals surface area (Å²) in [7, 11) is 12.3. The van der Waals surface area contributed by atoms with E-state index in [1.54, 1.807) is 54.8 Å². The highest BCUT2D eigenvalue weighted by Gasteiger charge is 2.31. The number of rotatable bonds is 10. The van der Waals surface area contributed by atoms with Gasteiger partial charge in [0.15, 0.2) is 34.5 Å². The maximum atomic E-state index is 12.6. The smallest absolute Gasteiger partial charge is 0.414 e. The van der Waals surface area contributed by atoms with Crippen LogP contribution in [-0.4, -0.2) is 90.8 Å². The molecular weight excluding hydrogens is 837 g/mol. The van der Waals surface area contributed by atoms with Crippen molar-refractivity contribution < 1.29 is 67.3 Å². The van der Waals surface area contributed by atoms with E-state index in [-0.39, 0.29) is 46.3 Å². The molecule has 0 aliphatic heterocycles. The molecule has 2 aliphatic carbocycles. The number of fused-ring (bicyclic) bond motifs is 6. The van der Waals surface area contributed by atoms with Crippen molar-refractivity contribution >= 4 is 23.8 Å². The Hall–Kier alpha value is -7.50. The summed E-state index contributed by atoms with van der Waals surface area (Å²) in [5.74, 6) is -0.438. The van der Waals surface area contributed by atoms with E-state index in [9.17, 15) is 19.2 Å². The Kier molecular flexibility index (Phi) is 16.9. The first-order valence-electron chi connectivity index (χ1n) is 19.6. The third-order valence-corrected chi connectivity index (χ3v) is 10.4. The molecule has 0 spiro atoms. The van der Waals surface area contributed by atoms with Crippen LogP contribution >= 0.6 is 0 Å². The molecule has 2 amide bonds. The zero-order chi connectivity index (χ0) is 47.4. The second-order valence-electron chi connectivity index (χ2n) is 14.1. The van der Waals surface area contributed by atoms with Gasteiger partial charge in [-0.1, -0.05) is 12.1 Å². The monoisotopic (exact) mass is 888 g/mol. The normalized spacial score (nSPS) is 14.0. The van der Waals surface area contributed by atoms with Crippen LogP contribution in [0.3, 0.4) is 0 Å². The summed E-state index contributed by atoms with van der Waals surface area (Å²) in [6.45, 7) is 2.93. The van der Waals surface area contributed by atoms with Gasteiger partial charge in [0.1, 0.15) is 0 Å². The number of hydrogen-bond donors (Lipinski definition) is 4. The Morgan fingerprint density at radius 2 is 0.812 bits per heavy atom. The number of amides is 2. The van der Waals surface area contributed by atoms with Gasteiger partial charge in [-0.05, 0) is 95.5 Å². The van der Waals surface area contributed by atoms with Crippen molar-refractivity contribution in [2.45, 2.75) is 51.6 Å². The van der Waals surface area contributed by atoms with Gasteiger partial charge in [0, 0.05) is 25.0 Å². The molecular formula is C46H52N2O16. The van der Waals surface area contributed by atoms with Crippen molar-refractivity contribution in [3.8, 4) is 68.2 Å². The molecule has 0 heterocycles. The SMILES string of the molecule is COc1cc2c(c(OC)c1OC)-c1ccc(OC)c(=O)cc1[C@@H](NC(C)=O)CC2.COc1cc2c(c(OC)c1OC)-c1ccc(OC)c(=O)cc1[C@@H](NC(C)=O)CC2.O=C(O)C(=O)O. The van der Waals surface area contributed by atoms with Crippen LogP contribution in [0.2, 0.25) is 0 Å². The molecule has 0 saturated carbocycles. The lowest BCUT2D eigenvalue weighted by molar-refractivity contribution is -0.159. The summed E-state index contributed by atoms with van der Waals surface area (Å²) in [6, 6.07) is 13.1. The second kappa shape index (κ2) is 22.0. The van der Waals surface area contributed by atoms with Crippen LogP contribution in [0.15, 0.2) is 58.1 Å². The number of carbonyl (C=O) groups excluding carboxylic acids is 2. The van der Waals surface area contributed by atoms with Gasteiger partial charge in [-0.2, -0.15) is 0 Å². The van der Waals surface area contributed by atoms with Gasteiger partial charge in [-0.15, -0.1) is 0 Å². The lowest BCUT2D eigenvalue weighted by atomic mass is 9.95. The zero-order valence-electron chi connectivity index (χ0n) is 37.2. The predicted molar refractivity (Wildman–Crippen MR) is 234 cm³/mol. The molecule has 0 saturated heterocycles. The van der Waals surface area contributed by atoms with E-state index in [4.69, 9.17) is 57.7 Å². The minimum atomic E-state index is -1.82. The average molecular weight is 889 g/mol.